The van der Waals surface area contributed by atoms with Gasteiger partial charge in [-0.05, 0) is 31.4 Å². The zero-order valence-corrected chi connectivity index (χ0v) is 13.4. The van der Waals surface area contributed by atoms with E-state index in [9.17, 15) is 14.7 Å². The van der Waals surface area contributed by atoms with Crippen molar-refractivity contribution in [2.24, 2.45) is 5.41 Å². The molecule has 2 rings (SSSR count). The fraction of sp³-hybridized carbons (Fsp3) is 0.529. The molecule has 1 aromatic carbocycles. The first-order chi connectivity index (χ1) is 10.4. The van der Waals surface area contributed by atoms with Gasteiger partial charge in [-0.25, -0.2) is 0 Å². The molecular weight excluding hydrogens is 282 g/mol. The molecule has 5 heteroatoms. The first kappa shape index (κ1) is 16.5. The molecule has 120 valence electrons. The molecule has 0 aromatic heterocycles. The number of carboxylic acid groups (broad SMARTS) is 1. The zero-order valence-electron chi connectivity index (χ0n) is 13.4. The molecule has 1 N–H and O–H groups in total. The van der Waals surface area contributed by atoms with Crippen molar-refractivity contribution in [3.8, 4) is 0 Å². The first-order valence-corrected chi connectivity index (χ1v) is 7.44. The van der Waals surface area contributed by atoms with Gasteiger partial charge in [-0.15, -0.1) is 0 Å². The molecule has 1 aromatic rings. The van der Waals surface area contributed by atoms with E-state index in [0.717, 1.165) is 16.7 Å². The van der Waals surface area contributed by atoms with Crippen molar-refractivity contribution in [1.29, 1.82) is 0 Å². The van der Waals surface area contributed by atoms with Crippen LogP contribution < -0.4 is 0 Å². The minimum atomic E-state index is -0.966. The molecule has 0 radical (unpaired) electrons. The quantitative estimate of drug-likeness (QED) is 0.900. The highest BCUT2D eigenvalue weighted by Gasteiger charge is 2.46. The standard InChI is InChI=1S/C17H23NO4/c1-12-4-5-13(2)14(8-12)9-15(19)18-7-6-17(10-18,11-22-3)16(20)21/h4-5,8H,6-7,9-11H2,1-3H3,(H,20,21). The van der Waals surface area contributed by atoms with Gasteiger partial charge in [0.05, 0.1) is 13.0 Å². The second kappa shape index (κ2) is 6.48. The summed E-state index contributed by atoms with van der Waals surface area (Å²) in [6, 6.07) is 6.05. The molecule has 0 spiro atoms. The van der Waals surface area contributed by atoms with Crippen LogP contribution in [-0.4, -0.2) is 48.7 Å². The summed E-state index contributed by atoms with van der Waals surface area (Å²) in [7, 11) is 1.49. The van der Waals surface area contributed by atoms with Gasteiger partial charge in [0, 0.05) is 20.2 Å². The van der Waals surface area contributed by atoms with Crippen molar-refractivity contribution in [2.75, 3.05) is 26.8 Å². The topological polar surface area (TPSA) is 66.8 Å². The lowest BCUT2D eigenvalue weighted by molar-refractivity contribution is -0.151. The Morgan fingerprint density at radius 3 is 2.73 bits per heavy atom. The maximum Gasteiger partial charge on any atom is 0.313 e. The van der Waals surface area contributed by atoms with Crippen LogP contribution in [0.4, 0.5) is 0 Å². The molecule has 0 bridgehead atoms. The zero-order chi connectivity index (χ0) is 16.3. The predicted molar refractivity (Wildman–Crippen MR) is 82.8 cm³/mol. The van der Waals surface area contributed by atoms with Gasteiger partial charge < -0.3 is 14.7 Å². The molecule has 1 heterocycles. The van der Waals surface area contributed by atoms with Crippen molar-refractivity contribution in [2.45, 2.75) is 26.7 Å². The normalized spacial score (nSPS) is 21.1. The Bertz CT molecular complexity index is 584. The van der Waals surface area contributed by atoms with Gasteiger partial charge >= 0.3 is 5.97 Å². The van der Waals surface area contributed by atoms with E-state index in [4.69, 9.17) is 4.74 Å². The number of hydrogen-bond acceptors (Lipinski definition) is 3. The number of carbonyl (C=O) groups excluding carboxylic acids is 1. The van der Waals surface area contributed by atoms with Crippen molar-refractivity contribution in [1.82, 2.24) is 4.90 Å². The van der Waals surface area contributed by atoms with E-state index in [1.165, 1.54) is 7.11 Å². The number of carboxylic acids is 1. The van der Waals surface area contributed by atoms with Crippen LogP contribution in [0.5, 0.6) is 0 Å². The number of amides is 1. The summed E-state index contributed by atoms with van der Waals surface area (Å²) < 4.78 is 5.05. The number of nitrogens with zero attached hydrogens (tertiary/aromatic N) is 1. The van der Waals surface area contributed by atoms with Crippen LogP contribution in [0.25, 0.3) is 0 Å². The summed E-state index contributed by atoms with van der Waals surface area (Å²) in [5, 5.41) is 9.45. The second-order valence-electron chi connectivity index (χ2n) is 6.19. The van der Waals surface area contributed by atoms with Gasteiger partial charge in [-0.3, -0.25) is 9.59 Å². The molecule has 1 aliphatic heterocycles. The number of hydrogen-bond donors (Lipinski definition) is 1. The van der Waals surface area contributed by atoms with Crippen LogP contribution in [0.1, 0.15) is 23.1 Å². The minimum Gasteiger partial charge on any atom is -0.481 e. The molecule has 1 fully saturated rings. The van der Waals surface area contributed by atoms with Crippen LogP contribution in [0.3, 0.4) is 0 Å². The van der Waals surface area contributed by atoms with Crippen molar-refractivity contribution < 1.29 is 19.4 Å². The summed E-state index contributed by atoms with van der Waals surface area (Å²) in [5.74, 6) is -0.913. The number of aryl methyl sites for hydroxylation is 2. The Kier molecular flexibility index (Phi) is 4.86. The fourth-order valence-corrected chi connectivity index (χ4v) is 2.98. The second-order valence-corrected chi connectivity index (χ2v) is 6.19. The van der Waals surface area contributed by atoms with E-state index in [0.29, 0.717) is 19.4 Å². The number of likely N-dealkylation sites (tertiary alicyclic amines) is 1. The van der Waals surface area contributed by atoms with Crippen LogP contribution in [0.15, 0.2) is 18.2 Å². The number of methoxy groups -OCH3 is 1. The lowest BCUT2D eigenvalue weighted by Crippen LogP contribution is -2.40. The maximum atomic E-state index is 12.5. The first-order valence-electron chi connectivity index (χ1n) is 7.44. The summed E-state index contributed by atoms with van der Waals surface area (Å²) in [4.78, 5) is 25.7. The Balaban J connectivity index is 2.08. The smallest absolute Gasteiger partial charge is 0.313 e. The number of benzene rings is 1. The molecule has 22 heavy (non-hydrogen) atoms. The third-order valence-corrected chi connectivity index (χ3v) is 4.43. The van der Waals surface area contributed by atoms with Gasteiger partial charge in [0.15, 0.2) is 0 Å². The van der Waals surface area contributed by atoms with E-state index in [-0.39, 0.29) is 19.1 Å². The molecule has 1 saturated heterocycles. The molecule has 0 saturated carbocycles. The van der Waals surface area contributed by atoms with E-state index in [1.807, 2.05) is 32.0 Å². The van der Waals surface area contributed by atoms with Crippen LogP contribution >= 0.6 is 0 Å². The Hall–Kier alpha value is -1.88. The fourth-order valence-electron chi connectivity index (χ4n) is 2.98. The summed E-state index contributed by atoms with van der Waals surface area (Å²) >= 11 is 0. The monoisotopic (exact) mass is 305 g/mol. The highest BCUT2D eigenvalue weighted by atomic mass is 16.5. The van der Waals surface area contributed by atoms with Crippen molar-refractivity contribution in [3.05, 3.63) is 34.9 Å². The van der Waals surface area contributed by atoms with Gasteiger partial charge in [0.1, 0.15) is 5.41 Å². The SMILES string of the molecule is COCC1(C(=O)O)CCN(C(=O)Cc2cc(C)ccc2C)C1. The lowest BCUT2D eigenvalue weighted by Gasteiger charge is -2.24. The average Bonchev–Trinajstić information content (AvgIpc) is 2.89. The molecular formula is C17H23NO4. The van der Waals surface area contributed by atoms with Gasteiger partial charge in [-0.1, -0.05) is 23.8 Å². The summed E-state index contributed by atoms with van der Waals surface area (Å²) in [6.45, 7) is 4.81. The number of ether oxygens (including phenoxy) is 1. The van der Waals surface area contributed by atoms with Crippen molar-refractivity contribution >= 4 is 11.9 Å². The summed E-state index contributed by atoms with van der Waals surface area (Å²) in [6.07, 6.45) is 0.755. The molecule has 1 unspecified atom stereocenters. The largest absolute Gasteiger partial charge is 0.481 e. The maximum absolute atomic E-state index is 12.5. The van der Waals surface area contributed by atoms with Crippen LogP contribution in [0.2, 0.25) is 0 Å². The molecule has 1 atom stereocenters. The lowest BCUT2D eigenvalue weighted by atomic mass is 9.88. The highest BCUT2D eigenvalue weighted by Crippen LogP contribution is 2.31. The van der Waals surface area contributed by atoms with E-state index in [1.54, 1.807) is 4.90 Å². The third kappa shape index (κ3) is 3.30. The average molecular weight is 305 g/mol. The van der Waals surface area contributed by atoms with E-state index >= 15 is 0 Å². The Morgan fingerprint density at radius 2 is 2.09 bits per heavy atom. The third-order valence-electron chi connectivity index (χ3n) is 4.43. The Labute approximate surface area is 130 Å². The van der Waals surface area contributed by atoms with E-state index < -0.39 is 11.4 Å². The van der Waals surface area contributed by atoms with Gasteiger partial charge in [-0.2, -0.15) is 0 Å². The van der Waals surface area contributed by atoms with Crippen LogP contribution in [-0.2, 0) is 20.7 Å². The van der Waals surface area contributed by atoms with Crippen LogP contribution in [0, 0.1) is 19.3 Å². The number of carbonyl (C=O) groups is 2. The number of rotatable bonds is 5. The Morgan fingerprint density at radius 1 is 1.36 bits per heavy atom. The minimum absolute atomic E-state index is 0.0204. The molecule has 1 amide bonds. The summed E-state index contributed by atoms with van der Waals surface area (Å²) in [5.41, 5.74) is 2.24. The van der Waals surface area contributed by atoms with Gasteiger partial charge in [0.2, 0.25) is 5.91 Å². The molecule has 5 nitrogen and oxygen atoms in total. The highest BCUT2D eigenvalue weighted by molar-refractivity contribution is 5.82. The molecule has 0 aliphatic carbocycles. The molecule has 1 aliphatic rings. The number of aliphatic carboxylic acids is 1. The van der Waals surface area contributed by atoms with E-state index in [2.05, 4.69) is 0 Å². The van der Waals surface area contributed by atoms with Crippen molar-refractivity contribution in [3.63, 3.8) is 0 Å². The predicted octanol–water partition coefficient (Wildman–Crippen LogP) is 1.80. The van der Waals surface area contributed by atoms with Gasteiger partial charge in [0.25, 0.3) is 0 Å².